The fourth-order valence-electron chi connectivity index (χ4n) is 4.29. The highest BCUT2D eigenvalue weighted by atomic mass is 32.2. The Hall–Kier alpha value is -3.80. The molecule has 1 aliphatic heterocycles. The van der Waals surface area contributed by atoms with Crippen molar-refractivity contribution in [3.05, 3.63) is 78.6 Å². The number of aryl methyl sites for hydroxylation is 1. The van der Waals surface area contributed by atoms with E-state index >= 15 is 0 Å². The quantitative estimate of drug-likeness (QED) is 0.231. The molecule has 2 heterocycles. The molecule has 11 heteroatoms. The Labute approximate surface area is 234 Å². The van der Waals surface area contributed by atoms with Gasteiger partial charge in [-0.25, -0.2) is 22.7 Å². The fraction of sp³-hybridized carbons (Fsp3) is 0.345. The number of benzene rings is 2. The van der Waals surface area contributed by atoms with Crippen molar-refractivity contribution in [1.29, 1.82) is 0 Å². The van der Waals surface area contributed by atoms with Crippen LogP contribution in [0, 0.1) is 6.92 Å². The second-order valence-corrected chi connectivity index (χ2v) is 11.2. The first kappa shape index (κ1) is 30.7. The number of rotatable bonds is 11. The highest BCUT2D eigenvalue weighted by molar-refractivity contribution is 7.89. The molecule has 0 saturated carbocycles. The number of likely N-dealkylation sites (tertiary alicyclic amines) is 1. The number of carboxylic acid groups (broad SMARTS) is 2. The van der Waals surface area contributed by atoms with E-state index in [2.05, 4.69) is 33.7 Å². The summed E-state index contributed by atoms with van der Waals surface area (Å²) in [5.41, 5.74) is 1.23. The van der Waals surface area contributed by atoms with Crippen molar-refractivity contribution < 1.29 is 33.0 Å². The van der Waals surface area contributed by atoms with Crippen molar-refractivity contribution >= 4 is 32.7 Å². The molecular formula is C29H35N3O7S. The van der Waals surface area contributed by atoms with Gasteiger partial charge in [-0.15, -0.1) is 0 Å². The minimum Gasteiger partial charge on any atom is -0.494 e. The van der Waals surface area contributed by atoms with Crippen LogP contribution < -0.4 is 9.46 Å². The summed E-state index contributed by atoms with van der Waals surface area (Å²) >= 11 is 0. The first-order valence-electron chi connectivity index (χ1n) is 13.0. The van der Waals surface area contributed by atoms with E-state index in [1.165, 1.54) is 5.56 Å². The zero-order valence-electron chi connectivity index (χ0n) is 22.4. The zero-order chi connectivity index (χ0) is 29.0. The number of hydrogen-bond acceptors (Lipinski definition) is 7. The number of hydrogen-bond donors (Lipinski definition) is 3. The maximum atomic E-state index is 13.0. The Kier molecular flexibility index (Phi) is 11.6. The summed E-state index contributed by atoms with van der Waals surface area (Å²) in [5, 5.41) is 17.2. The van der Waals surface area contributed by atoms with Gasteiger partial charge in [0, 0.05) is 41.4 Å². The molecule has 0 radical (unpaired) electrons. The number of nitrogens with one attached hydrogen (secondary N) is 1. The number of ether oxygens (including phenoxy) is 1. The number of fused-ring (bicyclic) bond motifs is 1. The highest BCUT2D eigenvalue weighted by Crippen LogP contribution is 2.23. The molecule has 3 aromatic rings. The number of aliphatic carboxylic acids is 2. The van der Waals surface area contributed by atoms with Gasteiger partial charge in [0.1, 0.15) is 5.75 Å². The van der Waals surface area contributed by atoms with Crippen LogP contribution in [0.15, 0.2) is 78.0 Å². The van der Waals surface area contributed by atoms with Crippen molar-refractivity contribution in [2.75, 3.05) is 26.2 Å². The number of nitrogens with zero attached hydrogens (tertiary/aromatic N) is 2. The van der Waals surface area contributed by atoms with Gasteiger partial charge in [0.05, 0.1) is 11.5 Å². The molecule has 214 valence electrons. The van der Waals surface area contributed by atoms with E-state index in [4.69, 9.17) is 14.9 Å². The molecule has 0 spiro atoms. The third kappa shape index (κ3) is 10.1. The van der Waals surface area contributed by atoms with Gasteiger partial charge >= 0.3 is 11.9 Å². The second-order valence-electron chi connectivity index (χ2n) is 9.47. The standard InChI is InChI=1S/C25H31N3O3S.C4H4O4/c1-20-7-9-23(10-8-20)31-18-3-2-15-28-16-12-22(13-17-28)27-32(29,30)25-6-4-5-21-19-26-14-11-24(21)25;5-3(6)1-2-4(7)8/h4-11,14,19,22,27H,2-3,12-13,15-18H2,1H3;1-2H,(H,5,6)(H,7,8). The number of piperidine rings is 1. The van der Waals surface area contributed by atoms with Crippen LogP contribution in [0.2, 0.25) is 0 Å². The van der Waals surface area contributed by atoms with Gasteiger partial charge in [-0.05, 0) is 76.5 Å². The summed E-state index contributed by atoms with van der Waals surface area (Å²) in [5.74, 6) is -1.59. The Balaban J connectivity index is 0.000000482. The number of pyridine rings is 1. The Morgan fingerprint density at radius 1 is 1.02 bits per heavy atom. The molecule has 40 heavy (non-hydrogen) atoms. The predicted molar refractivity (Wildman–Crippen MR) is 152 cm³/mol. The lowest BCUT2D eigenvalue weighted by molar-refractivity contribution is -0.134. The Morgan fingerprint density at radius 3 is 2.35 bits per heavy atom. The van der Waals surface area contributed by atoms with Gasteiger partial charge in [0.25, 0.3) is 0 Å². The van der Waals surface area contributed by atoms with E-state index in [1.807, 2.05) is 18.2 Å². The van der Waals surface area contributed by atoms with Gasteiger partial charge in [0.2, 0.25) is 10.0 Å². The molecule has 1 saturated heterocycles. The summed E-state index contributed by atoms with van der Waals surface area (Å²) in [6, 6.07) is 15.2. The zero-order valence-corrected chi connectivity index (χ0v) is 23.2. The average Bonchev–Trinajstić information content (AvgIpc) is 2.93. The summed E-state index contributed by atoms with van der Waals surface area (Å²) in [6.45, 7) is 5.63. The third-order valence-electron chi connectivity index (χ3n) is 6.37. The number of aromatic nitrogens is 1. The van der Waals surface area contributed by atoms with Gasteiger partial charge in [-0.2, -0.15) is 0 Å². The van der Waals surface area contributed by atoms with Gasteiger partial charge < -0.3 is 19.8 Å². The number of carboxylic acids is 2. The van der Waals surface area contributed by atoms with Crippen LogP contribution in [0.25, 0.3) is 10.8 Å². The van der Waals surface area contributed by atoms with Gasteiger partial charge in [-0.1, -0.05) is 29.8 Å². The predicted octanol–water partition coefficient (Wildman–Crippen LogP) is 3.86. The molecule has 4 rings (SSSR count). The Morgan fingerprint density at radius 2 is 1.70 bits per heavy atom. The molecule has 10 nitrogen and oxygen atoms in total. The molecule has 1 aliphatic rings. The summed E-state index contributed by atoms with van der Waals surface area (Å²) in [6.07, 6.45) is 8.18. The number of sulfonamides is 1. The lowest BCUT2D eigenvalue weighted by Crippen LogP contribution is -2.44. The van der Waals surface area contributed by atoms with E-state index in [0.29, 0.717) is 22.4 Å². The van der Waals surface area contributed by atoms with Crippen molar-refractivity contribution in [1.82, 2.24) is 14.6 Å². The summed E-state index contributed by atoms with van der Waals surface area (Å²) in [7, 11) is -3.57. The largest absolute Gasteiger partial charge is 0.494 e. The minimum absolute atomic E-state index is 0.0294. The van der Waals surface area contributed by atoms with Crippen molar-refractivity contribution in [3.8, 4) is 5.75 Å². The van der Waals surface area contributed by atoms with Crippen LogP contribution in [0.5, 0.6) is 5.75 Å². The van der Waals surface area contributed by atoms with Crippen LogP contribution in [0.3, 0.4) is 0 Å². The smallest absolute Gasteiger partial charge is 0.328 e. The molecule has 0 amide bonds. The van der Waals surface area contributed by atoms with Crippen molar-refractivity contribution in [3.63, 3.8) is 0 Å². The third-order valence-corrected chi connectivity index (χ3v) is 7.95. The maximum Gasteiger partial charge on any atom is 0.328 e. The highest BCUT2D eigenvalue weighted by Gasteiger charge is 2.25. The molecule has 3 N–H and O–H groups in total. The summed E-state index contributed by atoms with van der Waals surface area (Å²) in [4.78, 5) is 25.9. The molecule has 1 fully saturated rings. The second kappa shape index (κ2) is 15.1. The van der Waals surface area contributed by atoms with Crippen LogP contribution >= 0.6 is 0 Å². The van der Waals surface area contributed by atoms with Gasteiger partial charge in [0.15, 0.2) is 0 Å². The Bertz CT molecular complexity index is 1380. The number of unbranched alkanes of at least 4 members (excludes halogenated alkanes) is 1. The first-order valence-corrected chi connectivity index (χ1v) is 14.5. The molecule has 0 unspecified atom stereocenters. The monoisotopic (exact) mass is 569 g/mol. The molecule has 0 bridgehead atoms. The molecule has 0 aliphatic carbocycles. The molecule has 0 atom stereocenters. The lowest BCUT2D eigenvalue weighted by atomic mass is 10.1. The topological polar surface area (TPSA) is 146 Å². The van der Waals surface area contributed by atoms with E-state index in [0.717, 1.165) is 63.1 Å². The van der Waals surface area contributed by atoms with Crippen LogP contribution in [0.4, 0.5) is 0 Å². The van der Waals surface area contributed by atoms with E-state index in [1.54, 1.807) is 30.6 Å². The van der Waals surface area contributed by atoms with E-state index < -0.39 is 22.0 Å². The average molecular weight is 570 g/mol. The van der Waals surface area contributed by atoms with Crippen molar-refractivity contribution in [2.45, 2.75) is 43.5 Å². The molecule has 2 aromatic carbocycles. The SMILES string of the molecule is Cc1ccc(OCCCCN2CCC(NS(=O)(=O)c3cccc4cnccc34)CC2)cc1.O=C(O)C=CC(=O)O. The van der Waals surface area contributed by atoms with Crippen LogP contribution in [-0.4, -0.2) is 72.7 Å². The van der Waals surface area contributed by atoms with Crippen molar-refractivity contribution in [2.24, 2.45) is 0 Å². The lowest BCUT2D eigenvalue weighted by Gasteiger charge is -2.32. The molecule has 1 aromatic heterocycles. The minimum atomic E-state index is -3.57. The van der Waals surface area contributed by atoms with Crippen LogP contribution in [-0.2, 0) is 19.6 Å². The summed E-state index contributed by atoms with van der Waals surface area (Å²) < 4.78 is 34.8. The normalized spacial score (nSPS) is 14.5. The molecular weight excluding hydrogens is 534 g/mol. The van der Waals surface area contributed by atoms with Gasteiger partial charge in [-0.3, -0.25) is 4.98 Å². The van der Waals surface area contributed by atoms with Crippen LogP contribution in [0.1, 0.15) is 31.2 Å². The van der Waals surface area contributed by atoms with E-state index in [-0.39, 0.29) is 6.04 Å². The maximum absolute atomic E-state index is 13.0. The first-order chi connectivity index (χ1) is 19.1. The van der Waals surface area contributed by atoms with E-state index in [9.17, 15) is 18.0 Å². The number of carbonyl (C=O) groups is 2. The fourth-order valence-corrected chi connectivity index (χ4v) is 5.82.